The molecule has 4 aromatic heterocycles. The lowest BCUT2D eigenvalue weighted by molar-refractivity contribution is 0.0542. The third kappa shape index (κ3) is 14.8. The molecule has 0 bridgehead atoms. The fourth-order valence-corrected chi connectivity index (χ4v) is 15.5. The van der Waals surface area contributed by atoms with Crippen molar-refractivity contribution < 1.29 is 47.4 Å². The molecule has 8 aromatic rings. The lowest BCUT2D eigenvalue weighted by atomic mass is 9.95. The number of thiophene rings is 4. The van der Waals surface area contributed by atoms with Crippen molar-refractivity contribution in [2.45, 2.75) is 82.1 Å². The molecule has 0 fully saturated rings. The van der Waals surface area contributed by atoms with Crippen molar-refractivity contribution in [2.75, 3.05) is 108 Å². The summed E-state index contributed by atoms with van der Waals surface area (Å²) in [7, 11) is 6.75. The van der Waals surface area contributed by atoms with E-state index < -0.39 is 0 Å². The maximum Gasteiger partial charge on any atom is 0.127 e. The van der Waals surface area contributed by atoms with Gasteiger partial charge in [-0.25, -0.2) is 0 Å². The van der Waals surface area contributed by atoms with Gasteiger partial charge in [0, 0.05) is 89.7 Å². The van der Waals surface area contributed by atoms with Crippen molar-refractivity contribution in [1.29, 1.82) is 0 Å². The average molecular weight is 1190 g/mol. The van der Waals surface area contributed by atoms with Crippen molar-refractivity contribution >= 4 is 45.3 Å². The summed E-state index contributed by atoms with van der Waals surface area (Å²) in [5.74, 6) is 3.13. The number of hydrogen-bond acceptors (Lipinski definition) is 14. The minimum absolute atomic E-state index is 0.387. The Kier molecular flexibility index (Phi) is 22.9. The van der Waals surface area contributed by atoms with Crippen LogP contribution in [-0.4, -0.2) is 108 Å². The molecule has 0 amide bonds. The van der Waals surface area contributed by atoms with Gasteiger partial charge in [-0.1, -0.05) is 17.7 Å². The second-order valence-corrected chi connectivity index (χ2v) is 25.1. The minimum Gasteiger partial charge on any atom is -0.491 e. The summed E-state index contributed by atoms with van der Waals surface area (Å²) in [6.07, 6.45) is 1.73. The van der Waals surface area contributed by atoms with E-state index in [1.54, 1.807) is 28.4 Å². The average Bonchev–Trinajstić information content (AvgIpc) is 3.64. The van der Waals surface area contributed by atoms with E-state index in [0.29, 0.717) is 79.3 Å². The number of rotatable bonds is 31. The van der Waals surface area contributed by atoms with Crippen LogP contribution in [-0.2, 0) is 41.3 Å². The van der Waals surface area contributed by atoms with E-state index in [0.717, 1.165) is 74.8 Å². The lowest BCUT2D eigenvalue weighted by Gasteiger charge is -2.18. The van der Waals surface area contributed by atoms with Crippen molar-refractivity contribution in [3.05, 3.63) is 138 Å². The number of methoxy groups -OCH3 is 4. The molecule has 10 nitrogen and oxygen atoms in total. The predicted octanol–water partition coefficient (Wildman–Crippen LogP) is 16.9. The van der Waals surface area contributed by atoms with Crippen molar-refractivity contribution in [3.8, 4) is 85.6 Å². The predicted molar refractivity (Wildman–Crippen MR) is 343 cm³/mol. The van der Waals surface area contributed by atoms with Crippen LogP contribution in [0.3, 0.4) is 0 Å². The maximum absolute atomic E-state index is 6.64. The molecule has 0 aliphatic rings. The van der Waals surface area contributed by atoms with Gasteiger partial charge in [0.05, 0.1) is 52.9 Å². The first-order valence-corrected chi connectivity index (χ1v) is 31.5. The molecular weight excluding hydrogens is 1110 g/mol. The molecule has 0 spiro atoms. The topological polar surface area (TPSA) is 92.3 Å². The zero-order valence-corrected chi connectivity index (χ0v) is 53.8. The van der Waals surface area contributed by atoms with E-state index >= 15 is 0 Å². The second-order valence-electron chi connectivity index (χ2n) is 20.7. The SMILES string of the molecule is COCCOCCOc1ccc(CCc2sc(-c3sc(-c4ccc(OCCOC)c(-c5cc(C)ccc5OCCOC)c4)c(C)c3C)c(C)c2C)cc1-c1cc(-c2sc(-c3sc(C)c(C)c3C)c(C)c2C)ccc1OCCOCCOC. The highest BCUT2D eigenvalue weighted by Crippen LogP contribution is 2.51. The molecule has 0 saturated carbocycles. The summed E-state index contributed by atoms with van der Waals surface area (Å²) in [6.45, 7) is 28.0. The van der Waals surface area contributed by atoms with E-state index in [2.05, 4.69) is 136 Å². The van der Waals surface area contributed by atoms with Gasteiger partial charge in [0.1, 0.15) is 49.4 Å². The molecule has 4 aromatic carbocycles. The summed E-state index contributed by atoms with van der Waals surface area (Å²) in [5, 5.41) is 0. The van der Waals surface area contributed by atoms with Gasteiger partial charge in [0.15, 0.2) is 0 Å². The van der Waals surface area contributed by atoms with Crippen LogP contribution in [0.4, 0.5) is 0 Å². The van der Waals surface area contributed by atoms with Crippen LogP contribution in [0.5, 0.6) is 23.0 Å². The number of ether oxygens (including phenoxy) is 10. The van der Waals surface area contributed by atoms with E-state index in [1.165, 1.54) is 89.1 Å². The highest BCUT2D eigenvalue weighted by atomic mass is 32.1. The Morgan fingerprint density at radius 1 is 0.305 bits per heavy atom. The van der Waals surface area contributed by atoms with Crippen LogP contribution in [0.1, 0.15) is 65.4 Å². The highest BCUT2D eigenvalue weighted by molar-refractivity contribution is 7.25. The van der Waals surface area contributed by atoms with E-state index in [1.807, 2.05) is 51.4 Å². The monoisotopic (exact) mass is 1190 g/mol. The van der Waals surface area contributed by atoms with Crippen molar-refractivity contribution in [3.63, 3.8) is 0 Å². The van der Waals surface area contributed by atoms with Gasteiger partial charge in [-0.15, -0.1) is 45.3 Å². The molecule has 14 heteroatoms. The molecule has 438 valence electrons. The van der Waals surface area contributed by atoms with E-state index in [4.69, 9.17) is 47.4 Å². The fourth-order valence-electron chi connectivity index (χ4n) is 9.95. The van der Waals surface area contributed by atoms with Gasteiger partial charge in [-0.3, -0.25) is 0 Å². The Labute approximate surface area is 503 Å². The Morgan fingerprint density at radius 2 is 0.671 bits per heavy atom. The maximum atomic E-state index is 6.64. The first-order valence-electron chi connectivity index (χ1n) is 28.2. The quantitative estimate of drug-likeness (QED) is 0.0391. The summed E-state index contributed by atoms with van der Waals surface area (Å²) in [4.78, 5) is 10.6. The first-order chi connectivity index (χ1) is 39.7. The highest BCUT2D eigenvalue weighted by Gasteiger charge is 2.25. The number of benzene rings is 4. The minimum atomic E-state index is 0.387. The van der Waals surface area contributed by atoms with Gasteiger partial charge in [-0.2, -0.15) is 0 Å². The van der Waals surface area contributed by atoms with Crippen molar-refractivity contribution in [1.82, 2.24) is 0 Å². The Hall–Kier alpha value is -5.36. The molecule has 0 saturated heterocycles. The summed E-state index contributed by atoms with van der Waals surface area (Å²) in [5.41, 5.74) is 19.2. The molecule has 0 unspecified atom stereocenters. The summed E-state index contributed by atoms with van der Waals surface area (Å²) < 4.78 is 58.9. The summed E-state index contributed by atoms with van der Waals surface area (Å²) >= 11 is 7.58. The Bertz CT molecular complexity index is 3410. The number of aryl methyl sites for hydroxylation is 4. The molecule has 82 heavy (non-hydrogen) atoms. The van der Waals surface area contributed by atoms with E-state index in [9.17, 15) is 0 Å². The second kappa shape index (κ2) is 29.9. The van der Waals surface area contributed by atoms with Gasteiger partial charge in [0.2, 0.25) is 0 Å². The number of hydrogen-bond donors (Lipinski definition) is 0. The standard InChI is InChI=1S/C68H82O10S4/c1-41-15-20-58(75-33-27-71-13)54(37-41)56-39-52(18-22-60(56)76-34-28-72-14)64-47(7)49(9)68(82-64)66-45(5)43(3)62(80-66)24-17-51-16-21-59(77-35-31-73-29-25-69-11)55(38-51)57-40-53(19-23-61(57)78-36-32-74-30-26-70-12)63-46(6)48(8)67(81-63)65-44(4)42(2)50(10)79-65/h15-16,18-23,37-40H,17,24-36H2,1-14H3. The molecular formula is C68H82O10S4. The molecule has 0 atom stereocenters. The first kappa shape index (κ1) is 62.7. The van der Waals surface area contributed by atoms with Gasteiger partial charge >= 0.3 is 0 Å². The van der Waals surface area contributed by atoms with Crippen LogP contribution >= 0.6 is 45.3 Å². The van der Waals surface area contributed by atoms with Gasteiger partial charge in [-0.05, 0) is 204 Å². The van der Waals surface area contributed by atoms with Crippen LogP contribution in [0.2, 0.25) is 0 Å². The molecule has 0 aliphatic carbocycles. The van der Waals surface area contributed by atoms with Gasteiger partial charge < -0.3 is 47.4 Å². The Balaban J connectivity index is 1.13. The third-order valence-corrected chi connectivity index (χ3v) is 21.3. The van der Waals surface area contributed by atoms with Crippen LogP contribution in [0, 0.1) is 69.2 Å². The largest absolute Gasteiger partial charge is 0.491 e. The van der Waals surface area contributed by atoms with Crippen LogP contribution in [0.25, 0.3) is 62.6 Å². The van der Waals surface area contributed by atoms with E-state index in [-0.39, 0.29) is 0 Å². The van der Waals surface area contributed by atoms with Crippen LogP contribution in [0.15, 0.2) is 72.8 Å². The zero-order valence-electron chi connectivity index (χ0n) is 50.5. The van der Waals surface area contributed by atoms with Crippen LogP contribution < -0.4 is 18.9 Å². The lowest BCUT2D eigenvalue weighted by Crippen LogP contribution is -2.11. The fraction of sp³-hybridized carbons (Fsp3) is 0.412. The molecule has 8 rings (SSSR count). The normalized spacial score (nSPS) is 11.5. The Morgan fingerprint density at radius 3 is 1.15 bits per heavy atom. The zero-order chi connectivity index (χ0) is 58.5. The molecule has 0 aliphatic heterocycles. The molecule has 0 radical (unpaired) electrons. The molecule has 0 N–H and O–H groups in total. The third-order valence-electron chi connectivity index (χ3n) is 15.3. The molecule has 4 heterocycles. The van der Waals surface area contributed by atoms with Crippen molar-refractivity contribution in [2.24, 2.45) is 0 Å². The van der Waals surface area contributed by atoms with Gasteiger partial charge in [0.25, 0.3) is 0 Å². The smallest absolute Gasteiger partial charge is 0.127 e. The summed E-state index contributed by atoms with van der Waals surface area (Å²) in [6, 6.07) is 26.1.